The van der Waals surface area contributed by atoms with Gasteiger partial charge in [0.15, 0.2) is 5.11 Å². The van der Waals surface area contributed by atoms with E-state index in [0.717, 1.165) is 23.4 Å². The van der Waals surface area contributed by atoms with E-state index in [1.54, 1.807) is 23.0 Å². The van der Waals surface area contributed by atoms with Crippen molar-refractivity contribution in [2.45, 2.75) is 20.3 Å². The highest BCUT2D eigenvalue weighted by Crippen LogP contribution is 2.20. The van der Waals surface area contributed by atoms with Crippen LogP contribution in [0.15, 0.2) is 60.9 Å². The summed E-state index contributed by atoms with van der Waals surface area (Å²) in [4.78, 5) is 12.3. The maximum absolute atomic E-state index is 12.3. The van der Waals surface area contributed by atoms with Crippen molar-refractivity contribution in [3.8, 4) is 5.69 Å². The first-order valence-electron chi connectivity index (χ1n) is 8.64. The van der Waals surface area contributed by atoms with Gasteiger partial charge in [-0.25, -0.2) is 4.68 Å². The molecule has 1 heterocycles. The minimum atomic E-state index is -0.272. The van der Waals surface area contributed by atoms with Crippen molar-refractivity contribution in [1.29, 1.82) is 0 Å². The molecule has 6 nitrogen and oxygen atoms in total. The summed E-state index contributed by atoms with van der Waals surface area (Å²) in [6.07, 6.45) is 4.44. The molecule has 0 atom stereocenters. The van der Waals surface area contributed by atoms with Gasteiger partial charge < -0.3 is 5.32 Å². The summed E-state index contributed by atoms with van der Waals surface area (Å²) >= 11 is 5.30. The van der Waals surface area contributed by atoms with Crippen molar-refractivity contribution in [3.63, 3.8) is 0 Å². The second-order valence-corrected chi connectivity index (χ2v) is 6.40. The summed E-state index contributed by atoms with van der Waals surface area (Å²) in [5, 5.41) is 7.65. The molecule has 3 aromatic rings. The average Bonchev–Trinajstić information content (AvgIpc) is 3.22. The maximum atomic E-state index is 12.3. The van der Waals surface area contributed by atoms with E-state index in [-0.39, 0.29) is 5.91 Å². The van der Waals surface area contributed by atoms with Crippen LogP contribution in [0.4, 0.5) is 5.69 Å². The van der Waals surface area contributed by atoms with Gasteiger partial charge in [0, 0.05) is 23.6 Å². The van der Waals surface area contributed by atoms with E-state index in [0.29, 0.717) is 10.7 Å². The van der Waals surface area contributed by atoms with E-state index in [1.165, 1.54) is 5.56 Å². The lowest BCUT2D eigenvalue weighted by Crippen LogP contribution is -2.44. The number of hydrogen-bond donors (Lipinski definition) is 3. The number of amides is 1. The van der Waals surface area contributed by atoms with E-state index in [1.807, 2.05) is 43.5 Å². The van der Waals surface area contributed by atoms with E-state index in [4.69, 9.17) is 12.2 Å². The molecule has 0 radical (unpaired) electrons. The Hall–Kier alpha value is -3.19. The van der Waals surface area contributed by atoms with Crippen LogP contribution in [0.3, 0.4) is 0 Å². The van der Waals surface area contributed by atoms with Crippen molar-refractivity contribution in [3.05, 3.63) is 77.6 Å². The molecular weight excluding hydrogens is 358 g/mol. The van der Waals surface area contributed by atoms with Crippen LogP contribution in [0.1, 0.15) is 28.4 Å². The van der Waals surface area contributed by atoms with Crippen LogP contribution in [0.5, 0.6) is 0 Å². The molecule has 0 bridgehead atoms. The molecule has 0 aliphatic heterocycles. The fourth-order valence-electron chi connectivity index (χ4n) is 2.72. The zero-order chi connectivity index (χ0) is 19.2. The third-order valence-electron chi connectivity index (χ3n) is 4.17. The van der Waals surface area contributed by atoms with Gasteiger partial charge in [0.2, 0.25) is 0 Å². The first-order valence-corrected chi connectivity index (χ1v) is 9.05. The van der Waals surface area contributed by atoms with Crippen LogP contribution < -0.4 is 16.2 Å². The van der Waals surface area contributed by atoms with Crippen LogP contribution >= 0.6 is 12.2 Å². The number of aromatic nitrogens is 2. The quantitative estimate of drug-likeness (QED) is 0.479. The largest absolute Gasteiger partial charge is 0.331 e. The van der Waals surface area contributed by atoms with Crippen molar-refractivity contribution in [2.24, 2.45) is 0 Å². The van der Waals surface area contributed by atoms with Gasteiger partial charge in [-0.15, -0.1) is 0 Å². The lowest BCUT2D eigenvalue weighted by molar-refractivity contribution is 0.0944. The predicted octanol–water partition coefficient (Wildman–Crippen LogP) is 3.37. The zero-order valence-electron chi connectivity index (χ0n) is 15.2. The molecule has 0 fully saturated rings. The number of carbonyl (C=O) groups excluding carboxylic acids is 1. The standard InChI is InChI=1S/C20H21N5OS/c1-3-15-7-4-6-14(2)18(15)22-20(27)24-23-19(26)16-8-10-17(11-9-16)25-13-5-12-21-25/h4-13H,3H2,1-2H3,(H,23,26)(H2,22,24,27). The minimum absolute atomic E-state index is 0.272. The molecule has 0 aliphatic rings. The zero-order valence-corrected chi connectivity index (χ0v) is 16.0. The maximum Gasteiger partial charge on any atom is 0.269 e. The molecule has 1 aromatic heterocycles. The van der Waals surface area contributed by atoms with Gasteiger partial charge in [-0.2, -0.15) is 5.10 Å². The molecule has 0 unspecified atom stereocenters. The summed E-state index contributed by atoms with van der Waals surface area (Å²) in [6, 6.07) is 15.1. The number of hydrazine groups is 1. The number of anilines is 1. The molecule has 138 valence electrons. The summed E-state index contributed by atoms with van der Waals surface area (Å²) in [7, 11) is 0. The molecule has 0 saturated heterocycles. The summed E-state index contributed by atoms with van der Waals surface area (Å²) in [5.41, 5.74) is 10.0. The Bertz CT molecular complexity index is 936. The first kappa shape index (κ1) is 18.6. The highest BCUT2D eigenvalue weighted by atomic mass is 32.1. The highest BCUT2D eigenvalue weighted by Gasteiger charge is 2.09. The van der Waals surface area contributed by atoms with Gasteiger partial charge in [-0.3, -0.25) is 15.6 Å². The van der Waals surface area contributed by atoms with E-state index < -0.39 is 0 Å². The SMILES string of the molecule is CCc1cccc(C)c1NC(=S)NNC(=O)c1ccc(-n2cccn2)cc1. The summed E-state index contributed by atoms with van der Waals surface area (Å²) < 4.78 is 1.73. The number of hydrogen-bond acceptors (Lipinski definition) is 3. The van der Waals surface area contributed by atoms with Crippen LogP contribution in [-0.4, -0.2) is 20.8 Å². The van der Waals surface area contributed by atoms with Crippen LogP contribution in [-0.2, 0) is 6.42 Å². The van der Waals surface area contributed by atoms with E-state index in [2.05, 4.69) is 34.3 Å². The molecule has 7 heteroatoms. The third kappa shape index (κ3) is 4.51. The van der Waals surface area contributed by atoms with Gasteiger partial charge in [-0.1, -0.05) is 25.1 Å². The molecule has 0 aliphatic carbocycles. The second-order valence-electron chi connectivity index (χ2n) is 5.99. The number of rotatable bonds is 4. The molecular formula is C20H21N5OS. The van der Waals surface area contributed by atoms with Gasteiger partial charge in [0.05, 0.1) is 5.69 Å². The molecule has 0 spiro atoms. The lowest BCUT2D eigenvalue weighted by atomic mass is 10.1. The van der Waals surface area contributed by atoms with Gasteiger partial charge >= 0.3 is 0 Å². The van der Waals surface area contributed by atoms with Gasteiger partial charge in [0.1, 0.15) is 0 Å². The Morgan fingerprint density at radius 1 is 1.11 bits per heavy atom. The Morgan fingerprint density at radius 2 is 1.89 bits per heavy atom. The first-order chi connectivity index (χ1) is 13.1. The van der Waals surface area contributed by atoms with Crippen molar-refractivity contribution in [2.75, 3.05) is 5.32 Å². The number of benzene rings is 2. The third-order valence-corrected chi connectivity index (χ3v) is 4.37. The molecule has 3 N–H and O–H groups in total. The molecule has 3 rings (SSSR count). The van der Waals surface area contributed by atoms with E-state index >= 15 is 0 Å². The Labute approximate surface area is 163 Å². The Balaban J connectivity index is 1.58. The fourth-order valence-corrected chi connectivity index (χ4v) is 2.87. The average molecular weight is 379 g/mol. The number of nitrogens with one attached hydrogen (secondary N) is 3. The highest BCUT2D eigenvalue weighted by molar-refractivity contribution is 7.80. The number of para-hydroxylation sites is 1. The van der Waals surface area contributed by atoms with Crippen LogP contribution in [0.25, 0.3) is 5.69 Å². The van der Waals surface area contributed by atoms with Crippen molar-refractivity contribution >= 4 is 28.9 Å². The Morgan fingerprint density at radius 3 is 2.56 bits per heavy atom. The molecule has 0 saturated carbocycles. The predicted molar refractivity (Wildman–Crippen MR) is 111 cm³/mol. The number of carbonyl (C=O) groups is 1. The van der Waals surface area contributed by atoms with Crippen LogP contribution in [0.2, 0.25) is 0 Å². The smallest absolute Gasteiger partial charge is 0.269 e. The fraction of sp³-hybridized carbons (Fsp3) is 0.150. The van der Waals surface area contributed by atoms with E-state index in [9.17, 15) is 4.79 Å². The molecule has 2 aromatic carbocycles. The van der Waals surface area contributed by atoms with Gasteiger partial charge in [-0.05, 0) is 67.0 Å². The van der Waals surface area contributed by atoms with Crippen molar-refractivity contribution in [1.82, 2.24) is 20.6 Å². The molecule has 1 amide bonds. The summed E-state index contributed by atoms with van der Waals surface area (Å²) in [5.74, 6) is -0.272. The van der Waals surface area contributed by atoms with Crippen LogP contribution in [0, 0.1) is 6.92 Å². The summed E-state index contributed by atoms with van der Waals surface area (Å²) in [6.45, 7) is 4.11. The lowest BCUT2D eigenvalue weighted by Gasteiger charge is -2.16. The monoisotopic (exact) mass is 379 g/mol. The number of aryl methyl sites for hydroxylation is 2. The minimum Gasteiger partial charge on any atom is -0.331 e. The number of nitrogens with zero attached hydrogens (tertiary/aromatic N) is 2. The van der Waals surface area contributed by atoms with Crippen molar-refractivity contribution < 1.29 is 4.79 Å². The second kappa shape index (κ2) is 8.46. The topological polar surface area (TPSA) is 71.0 Å². The number of thiocarbonyl (C=S) groups is 1. The molecule has 27 heavy (non-hydrogen) atoms. The van der Waals surface area contributed by atoms with Gasteiger partial charge in [0.25, 0.3) is 5.91 Å². The normalized spacial score (nSPS) is 10.3. The Kier molecular flexibility index (Phi) is 5.83.